The molecule has 160 valence electrons. The average molecular weight is 425 g/mol. The highest BCUT2D eigenvalue weighted by atomic mass is 16.5. The molecule has 0 bridgehead atoms. The van der Waals surface area contributed by atoms with E-state index in [2.05, 4.69) is 6.92 Å². The first-order chi connectivity index (χ1) is 15.6. The maximum Gasteiger partial charge on any atom is 0.265 e. The van der Waals surface area contributed by atoms with Crippen LogP contribution in [0, 0.1) is 13.8 Å². The molecular weight excluding hydrogens is 402 g/mol. The first kappa shape index (κ1) is 19.1. The summed E-state index contributed by atoms with van der Waals surface area (Å²) in [5.74, 6) is 0.665. The molecule has 0 radical (unpaired) electrons. The second-order valence-electron chi connectivity index (χ2n) is 8.46. The molecule has 1 fully saturated rings. The molecule has 2 aromatic carbocycles. The normalized spacial score (nSPS) is 16.5. The van der Waals surface area contributed by atoms with Gasteiger partial charge in [-0.2, -0.15) is 0 Å². The summed E-state index contributed by atoms with van der Waals surface area (Å²) in [6.07, 6.45) is 2.03. The summed E-state index contributed by atoms with van der Waals surface area (Å²) >= 11 is 0. The summed E-state index contributed by atoms with van der Waals surface area (Å²) in [6, 6.07) is 15.9. The lowest BCUT2D eigenvalue weighted by molar-refractivity contribution is 0.0955. The van der Waals surface area contributed by atoms with Gasteiger partial charge in [-0.05, 0) is 51.0 Å². The summed E-state index contributed by atoms with van der Waals surface area (Å²) in [5, 5.41) is 0.502. The van der Waals surface area contributed by atoms with Crippen LogP contribution in [0.25, 0.3) is 38.9 Å². The smallest absolute Gasteiger partial charge is 0.265 e. The van der Waals surface area contributed by atoms with E-state index in [4.69, 9.17) is 19.7 Å². The van der Waals surface area contributed by atoms with Gasteiger partial charge in [-0.1, -0.05) is 29.8 Å². The van der Waals surface area contributed by atoms with Crippen LogP contribution in [0.5, 0.6) is 0 Å². The van der Waals surface area contributed by atoms with Gasteiger partial charge in [-0.3, -0.25) is 13.9 Å². The highest BCUT2D eigenvalue weighted by Crippen LogP contribution is 2.29. The van der Waals surface area contributed by atoms with Gasteiger partial charge in [0.1, 0.15) is 16.7 Å². The number of aromatic nitrogens is 5. The molecule has 1 unspecified atom stereocenters. The van der Waals surface area contributed by atoms with E-state index >= 15 is 0 Å². The monoisotopic (exact) mass is 425 g/mol. The molecule has 32 heavy (non-hydrogen) atoms. The van der Waals surface area contributed by atoms with Crippen LogP contribution in [0.4, 0.5) is 0 Å². The van der Waals surface area contributed by atoms with Crippen molar-refractivity contribution in [2.24, 2.45) is 0 Å². The average Bonchev–Trinajstić information content (AvgIpc) is 3.41. The first-order valence-corrected chi connectivity index (χ1v) is 11.0. The highest BCUT2D eigenvalue weighted by molar-refractivity contribution is 6.05. The Morgan fingerprint density at radius 1 is 0.969 bits per heavy atom. The SMILES string of the molecule is Cc1ccc(-n2c3nc4ccccc4nc3c3c(=O)n(CC4CCCO4)c(C)nc32)cc1. The van der Waals surface area contributed by atoms with Crippen molar-refractivity contribution in [2.45, 2.75) is 39.3 Å². The number of nitrogens with zero attached hydrogens (tertiary/aromatic N) is 5. The number of fused-ring (bicyclic) bond motifs is 4. The minimum absolute atomic E-state index is 0.0445. The third kappa shape index (κ3) is 2.92. The minimum atomic E-state index is -0.0940. The molecule has 1 aliphatic heterocycles. The lowest BCUT2D eigenvalue weighted by atomic mass is 10.2. The molecule has 1 atom stereocenters. The van der Waals surface area contributed by atoms with Gasteiger partial charge < -0.3 is 4.74 Å². The van der Waals surface area contributed by atoms with E-state index in [-0.39, 0.29) is 11.7 Å². The van der Waals surface area contributed by atoms with Crippen LogP contribution >= 0.6 is 0 Å². The molecule has 0 spiro atoms. The van der Waals surface area contributed by atoms with E-state index in [1.54, 1.807) is 4.57 Å². The van der Waals surface area contributed by atoms with Crippen LogP contribution in [0.15, 0.2) is 53.3 Å². The molecule has 3 aromatic heterocycles. The Hall–Kier alpha value is -3.58. The first-order valence-electron chi connectivity index (χ1n) is 11.0. The molecule has 4 heterocycles. The fourth-order valence-corrected chi connectivity index (χ4v) is 4.58. The summed E-state index contributed by atoms with van der Waals surface area (Å²) in [7, 11) is 0. The predicted molar refractivity (Wildman–Crippen MR) is 124 cm³/mol. The molecule has 0 aliphatic carbocycles. The number of benzene rings is 2. The molecular formula is C25H23N5O2. The van der Waals surface area contributed by atoms with Crippen LogP contribution in [0.2, 0.25) is 0 Å². The largest absolute Gasteiger partial charge is 0.376 e. The van der Waals surface area contributed by atoms with E-state index < -0.39 is 0 Å². The molecule has 7 heteroatoms. The quantitative estimate of drug-likeness (QED) is 0.435. The fraction of sp³-hybridized carbons (Fsp3) is 0.280. The van der Waals surface area contributed by atoms with Gasteiger partial charge in [0.05, 0.1) is 23.7 Å². The Bertz CT molecular complexity index is 1540. The Morgan fingerprint density at radius 2 is 1.72 bits per heavy atom. The number of para-hydroxylation sites is 2. The summed E-state index contributed by atoms with van der Waals surface area (Å²) in [5.41, 5.74) is 5.33. The van der Waals surface area contributed by atoms with Gasteiger partial charge in [-0.25, -0.2) is 15.0 Å². The van der Waals surface area contributed by atoms with E-state index in [0.29, 0.717) is 34.6 Å². The Balaban J connectivity index is 1.71. The zero-order valence-corrected chi connectivity index (χ0v) is 18.1. The number of hydrogen-bond donors (Lipinski definition) is 0. The van der Waals surface area contributed by atoms with Crippen LogP contribution in [0.1, 0.15) is 24.2 Å². The van der Waals surface area contributed by atoms with Crippen molar-refractivity contribution in [1.29, 1.82) is 0 Å². The number of hydrogen-bond acceptors (Lipinski definition) is 5. The van der Waals surface area contributed by atoms with Crippen LogP contribution in [-0.4, -0.2) is 36.8 Å². The zero-order chi connectivity index (χ0) is 21.8. The summed E-state index contributed by atoms with van der Waals surface area (Å²) in [6.45, 7) is 5.18. The van der Waals surface area contributed by atoms with Crippen molar-refractivity contribution in [2.75, 3.05) is 6.61 Å². The van der Waals surface area contributed by atoms with Crippen LogP contribution in [0.3, 0.4) is 0 Å². The summed E-state index contributed by atoms with van der Waals surface area (Å²) in [4.78, 5) is 28.4. The molecule has 0 N–H and O–H groups in total. The van der Waals surface area contributed by atoms with Crippen molar-refractivity contribution in [3.63, 3.8) is 0 Å². The second-order valence-corrected chi connectivity index (χ2v) is 8.46. The van der Waals surface area contributed by atoms with E-state index in [0.717, 1.165) is 41.7 Å². The molecule has 6 rings (SSSR count). The molecule has 0 saturated carbocycles. The molecule has 5 aromatic rings. The lowest BCUT2D eigenvalue weighted by Crippen LogP contribution is -2.29. The van der Waals surface area contributed by atoms with E-state index in [1.807, 2.05) is 60.0 Å². The predicted octanol–water partition coefficient (Wildman–Crippen LogP) is 4.08. The third-order valence-electron chi connectivity index (χ3n) is 6.26. The van der Waals surface area contributed by atoms with E-state index in [1.165, 1.54) is 0 Å². The van der Waals surface area contributed by atoms with Gasteiger partial charge >= 0.3 is 0 Å². The minimum Gasteiger partial charge on any atom is -0.376 e. The van der Waals surface area contributed by atoms with Crippen molar-refractivity contribution in [3.05, 3.63) is 70.3 Å². The Morgan fingerprint density at radius 3 is 2.44 bits per heavy atom. The highest BCUT2D eigenvalue weighted by Gasteiger charge is 2.24. The van der Waals surface area contributed by atoms with Crippen LogP contribution < -0.4 is 5.56 Å². The van der Waals surface area contributed by atoms with Crippen LogP contribution in [-0.2, 0) is 11.3 Å². The maximum absolute atomic E-state index is 13.8. The number of aryl methyl sites for hydroxylation is 2. The maximum atomic E-state index is 13.8. The van der Waals surface area contributed by atoms with Crippen molar-refractivity contribution in [3.8, 4) is 5.69 Å². The number of ether oxygens (including phenoxy) is 1. The zero-order valence-electron chi connectivity index (χ0n) is 18.1. The van der Waals surface area contributed by atoms with Gasteiger partial charge in [-0.15, -0.1) is 0 Å². The summed E-state index contributed by atoms with van der Waals surface area (Å²) < 4.78 is 9.47. The topological polar surface area (TPSA) is 74.8 Å². The van der Waals surface area contributed by atoms with Gasteiger partial charge in [0.2, 0.25) is 0 Å². The molecule has 7 nitrogen and oxygen atoms in total. The van der Waals surface area contributed by atoms with Gasteiger partial charge in [0, 0.05) is 12.3 Å². The Labute approximate surface area is 184 Å². The fourth-order valence-electron chi connectivity index (χ4n) is 4.58. The van der Waals surface area contributed by atoms with Crippen molar-refractivity contribution in [1.82, 2.24) is 24.1 Å². The van der Waals surface area contributed by atoms with Gasteiger partial charge in [0.15, 0.2) is 11.3 Å². The second kappa shape index (κ2) is 7.24. The van der Waals surface area contributed by atoms with Crippen molar-refractivity contribution < 1.29 is 4.74 Å². The lowest BCUT2D eigenvalue weighted by Gasteiger charge is -2.14. The molecule has 1 aliphatic rings. The standard InChI is InChI=1S/C25H23N5O2/c1-15-9-11-17(12-10-15)30-23-21(22-24(30)28-20-8-4-3-7-19(20)27-22)25(31)29(16(2)26-23)14-18-6-5-13-32-18/h3-4,7-12,18H,5-6,13-14H2,1-2H3. The molecule has 0 amide bonds. The van der Waals surface area contributed by atoms with Gasteiger partial charge in [0.25, 0.3) is 5.56 Å². The van der Waals surface area contributed by atoms with Crippen molar-refractivity contribution >= 4 is 33.2 Å². The Kier molecular flexibility index (Phi) is 4.33. The third-order valence-corrected chi connectivity index (χ3v) is 6.26. The van der Waals surface area contributed by atoms with E-state index in [9.17, 15) is 4.79 Å². The molecule has 1 saturated heterocycles. The number of rotatable bonds is 3.